The van der Waals surface area contributed by atoms with Gasteiger partial charge >= 0.3 is 6.03 Å². The van der Waals surface area contributed by atoms with Crippen LogP contribution in [0.1, 0.15) is 6.92 Å². The average Bonchev–Trinajstić information content (AvgIpc) is 2.92. The van der Waals surface area contributed by atoms with E-state index in [2.05, 4.69) is 56.5 Å². The minimum atomic E-state index is -1.12. The molecule has 2 aliphatic heterocycles. The number of pyridine rings is 1. The van der Waals surface area contributed by atoms with Crippen LogP contribution >= 0.6 is 0 Å². The number of carbonyl (C=O) groups is 2. The molecule has 0 radical (unpaired) electrons. The summed E-state index contributed by atoms with van der Waals surface area (Å²) in [5.41, 5.74) is 3.22. The highest BCUT2D eigenvalue weighted by molar-refractivity contribution is 5.89. The molecule has 2 saturated heterocycles. The Morgan fingerprint density at radius 2 is 1.63 bits per heavy atom. The highest BCUT2D eigenvalue weighted by atomic mass is 16.5. The third-order valence-electron chi connectivity index (χ3n) is 6.48. The van der Waals surface area contributed by atoms with E-state index in [-0.39, 0.29) is 0 Å². The first-order chi connectivity index (χ1) is 17.0. The Balaban J connectivity index is 1.31. The van der Waals surface area contributed by atoms with Crippen molar-refractivity contribution in [1.82, 2.24) is 15.2 Å². The number of rotatable bonds is 7. The van der Waals surface area contributed by atoms with Gasteiger partial charge in [0.1, 0.15) is 18.5 Å². The quantitative estimate of drug-likeness (QED) is 0.528. The lowest BCUT2D eigenvalue weighted by Gasteiger charge is -2.37. The molecule has 3 heterocycles. The summed E-state index contributed by atoms with van der Waals surface area (Å²) in [6.07, 6.45) is 0.823. The Kier molecular flexibility index (Phi) is 8.17. The standard InChI is InChI=1S/C25H33N5O5/c1-18(32)24(22(33)17-31)27-25(34)30-10-8-28(9-11-30)21-5-2-19(3-6-21)20-4-7-23(26-16-20)29-12-14-35-15-13-29/h2-7,16,18,24,31-32H,8-15,17H2,1H3,(H,27,34)/t18-,24+/m0/s1. The average molecular weight is 484 g/mol. The molecule has 2 amide bonds. The summed E-state index contributed by atoms with van der Waals surface area (Å²) < 4.78 is 5.40. The molecule has 10 nitrogen and oxygen atoms in total. The van der Waals surface area contributed by atoms with Crippen LogP contribution in [0.15, 0.2) is 42.6 Å². The summed E-state index contributed by atoms with van der Waals surface area (Å²) >= 11 is 0. The fraction of sp³-hybridized carbons (Fsp3) is 0.480. The molecule has 10 heteroatoms. The predicted molar refractivity (Wildman–Crippen MR) is 133 cm³/mol. The second-order valence-electron chi connectivity index (χ2n) is 8.82. The minimum absolute atomic E-state index is 0.416. The number of benzene rings is 1. The van der Waals surface area contributed by atoms with Gasteiger partial charge in [0.25, 0.3) is 0 Å². The molecule has 0 unspecified atom stereocenters. The Bertz CT molecular complexity index is 984. The number of anilines is 2. The first-order valence-electron chi connectivity index (χ1n) is 12.0. The van der Waals surface area contributed by atoms with Gasteiger partial charge in [-0.05, 0) is 36.8 Å². The van der Waals surface area contributed by atoms with Gasteiger partial charge in [-0.3, -0.25) is 4.79 Å². The molecular formula is C25H33N5O5. The number of urea groups is 1. The van der Waals surface area contributed by atoms with Gasteiger partial charge < -0.3 is 35.0 Å². The van der Waals surface area contributed by atoms with Gasteiger partial charge in [0.2, 0.25) is 0 Å². The van der Waals surface area contributed by atoms with Crippen LogP contribution in [0.2, 0.25) is 0 Å². The van der Waals surface area contributed by atoms with E-state index in [1.54, 1.807) is 4.90 Å². The van der Waals surface area contributed by atoms with Crippen molar-refractivity contribution in [2.75, 3.05) is 68.9 Å². The van der Waals surface area contributed by atoms with E-state index < -0.39 is 30.6 Å². The molecule has 3 N–H and O–H groups in total. The third kappa shape index (κ3) is 6.08. The van der Waals surface area contributed by atoms with E-state index in [1.807, 2.05) is 6.20 Å². The molecule has 2 aliphatic rings. The number of carbonyl (C=O) groups excluding carboxylic acids is 2. The van der Waals surface area contributed by atoms with E-state index in [9.17, 15) is 14.7 Å². The summed E-state index contributed by atoms with van der Waals surface area (Å²) in [5.74, 6) is 0.356. The van der Waals surface area contributed by atoms with Gasteiger partial charge in [0, 0.05) is 56.7 Å². The van der Waals surface area contributed by atoms with Crippen LogP contribution in [0.25, 0.3) is 11.1 Å². The van der Waals surface area contributed by atoms with Crippen molar-refractivity contribution in [3.63, 3.8) is 0 Å². The van der Waals surface area contributed by atoms with Gasteiger partial charge in [0.15, 0.2) is 5.78 Å². The zero-order chi connectivity index (χ0) is 24.8. The highest BCUT2D eigenvalue weighted by Crippen LogP contribution is 2.25. The molecule has 1 aromatic heterocycles. The fourth-order valence-electron chi connectivity index (χ4n) is 4.36. The zero-order valence-electron chi connectivity index (χ0n) is 20.0. The van der Waals surface area contributed by atoms with E-state index in [1.165, 1.54) is 6.92 Å². The van der Waals surface area contributed by atoms with E-state index >= 15 is 0 Å². The Morgan fingerprint density at radius 3 is 2.20 bits per heavy atom. The number of Topliss-reactive ketones (excluding diaryl/α,β-unsaturated/α-hetero) is 1. The van der Waals surface area contributed by atoms with E-state index in [0.717, 1.165) is 48.9 Å². The molecule has 4 rings (SSSR count). The maximum absolute atomic E-state index is 12.5. The van der Waals surface area contributed by atoms with Crippen LogP contribution < -0.4 is 15.1 Å². The van der Waals surface area contributed by atoms with Crippen LogP contribution in [0, 0.1) is 0 Å². The smallest absolute Gasteiger partial charge is 0.318 e. The number of nitrogens with zero attached hydrogens (tertiary/aromatic N) is 4. The van der Waals surface area contributed by atoms with Crippen molar-refractivity contribution >= 4 is 23.3 Å². The fourth-order valence-corrected chi connectivity index (χ4v) is 4.36. The largest absolute Gasteiger partial charge is 0.391 e. The predicted octanol–water partition coefficient (Wildman–Crippen LogP) is 0.728. The molecule has 0 spiro atoms. The maximum Gasteiger partial charge on any atom is 0.318 e. The summed E-state index contributed by atoms with van der Waals surface area (Å²) in [7, 11) is 0. The van der Waals surface area contributed by atoms with Crippen molar-refractivity contribution < 1.29 is 24.5 Å². The number of hydrogen-bond donors (Lipinski definition) is 3. The lowest BCUT2D eigenvalue weighted by atomic mass is 10.1. The number of morpholine rings is 1. The number of piperazine rings is 1. The van der Waals surface area contributed by atoms with Crippen LogP contribution in [0.5, 0.6) is 0 Å². The first-order valence-corrected chi connectivity index (χ1v) is 12.0. The number of ether oxygens (including phenoxy) is 1. The van der Waals surface area contributed by atoms with Crippen LogP contribution in [-0.4, -0.2) is 103 Å². The molecule has 2 fully saturated rings. The Hall–Kier alpha value is -3.21. The summed E-state index contributed by atoms with van der Waals surface area (Å²) in [5, 5.41) is 21.3. The zero-order valence-corrected chi connectivity index (χ0v) is 20.0. The number of aliphatic hydroxyl groups excluding tert-OH is 2. The van der Waals surface area contributed by atoms with Crippen molar-refractivity contribution in [1.29, 1.82) is 0 Å². The Labute approximate surface area is 205 Å². The second-order valence-corrected chi connectivity index (χ2v) is 8.82. The molecule has 0 bridgehead atoms. The monoisotopic (exact) mass is 483 g/mol. The van der Waals surface area contributed by atoms with Crippen LogP contribution in [-0.2, 0) is 9.53 Å². The maximum atomic E-state index is 12.5. The number of aromatic nitrogens is 1. The number of nitrogens with one attached hydrogen (secondary N) is 1. The number of hydrogen-bond acceptors (Lipinski definition) is 8. The molecule has 2 aromatic rings. The molecule has 0 saturated carbocycles. The second kappa shape index (κ2) is 11.5. The number of amides is 2. The lowest BCUT2D eigenvalue weighted by Crippen LogP contribution is -2.57. The highest BCUT2D eigenvalue weighted by Gasteiger charge is 2.28. The molecule has 0 aliphatic carbocycles. The minimum Gasteiger partial charge on any atom is -0.391 e. The molecule has 188 valence electrons. The summed E-state index contributed by atoms with van der Waals surface area (Å²) in [4.78, 5) is 35.0. The SMILES string of the molecule is C[C@H](O)[C@@H](NC(=O)N1CCN(c2ccc(-c3ccc(N4CCOCC4)nc3)cc2)CC1)C(=O)CO. The summed E-state index contributed by atoms with van der Waals surface area (Å²) in [6.45, 7) is 6.13. The van der Waals surface area contributed by atoms with Gasteiger partial charge in [-0.15, -0.1) is 0 Å². The first kappa shape index (κ1) is 24.9. The molecular weight excluding hydrogens is 450 g/mol. The van der Waals surface area contributed by atoms with E-state index in [4.69, 9.17) is 9.84 Å². The van der Waals surface area contributed by atoms with Gasteiger partial charge in [-0.1, -0.05) is 12.1 Å². The van der Waals surface area contributed by atoms with E-state index in [0.29, 0.717) is 26.2 Å². The van der Waals surface area contributed by atoms with Crippen molar-refractivity contribution in [2.45, 2.75) is 19.1 Å². The normalized spacial score (nSPS) is 18.2. The van der Waals surface area contributed by atoms with Crippen molar-refractivity contribution in [3.05, 3.63) is 42.6 Å². The third-order valence-corrected chi connectivity index (χ3v) is 6.48. The number of ketones is 1. The lowest BCUT2D eigenvalue weighted by molar-refractivity contribution is -0.125. The van der Waals surface area contributed by atoms with Crippen molar-refractivity contribution in [2.24, 2.45) is 0 Å². The van der Waals surface area contributed by atoms with Gasteiger partial charge in [-0.25, -0.2) is 9.78 Å². The molecule has 35 heavy (non-hydrogen) atoms. The van der Waals surface area contributed by atoms with Crippen LogP contribution in [0.3, 0.4) is 0 Å². The van der Waals surface area contributed by atoms with Gasteiger partial charge in [0.05, 0.1) is 19.3 Å². The topological polar surface area (TPSA) is 118 Å². The number of aliphatic hydroxyl groups is 2. The molecule has 2 atom stereocenters. The molecule has 1 aromatic carbocycles. The van der Waals surface area contributed by atoms with Crippen molar-refractivity contribution in [3.8, 4) is 11.1 Å². The summed E-state index contributed by atoms with van der Waals surface area (Å²) in [6, 6.07) is 10.9. The van der Waals surface area contributed by atoms with Gasteiger partial charge in [-0.2, -0.15) is 0 Å². The van der Waals surface area contributed by atoms with Crippen LogP contribution in [0.4, 0.5) is 16.3 Å². The Morgan fingerprint density at radius 1 is 0.971 bits per heavy atom.